The number of anilines is 1. The Morgan fingerprint density at radius 1 is 1.23 bits per heavy atom. The second kappa shape index (κ2) is 8.04. The Labute approximate surface area is 171 Å². The molecule has 0 fully saturated rings. The van der Waals surface area contributed by atoms with Crippen LogP contribution in [0, 0.1) is 18.7 Å². The molecule has 0 bridgehead atoms. The number of pyridine rings is 1. The molecule has 0 saturated carbocycles. The average Bonchev–Trinajstić information content (AvgIpc) is 2.68. The maximum atomic E-state index is 14.8. The second-order valence-electron chi connectivity index (χ2n) is 7.14. The van der Waals surface area contributed by atoms with Crippen LogP contribution in [0.3, 0.4) is 0 Å². The monoisotopic (exact) mass is 423 g/mol. The largest absolute Gasteiger partial charge is 0.456 e. The number of benzene rings is 1. The molecular weight excluding hydrogens is 402 g/mol. The molecule has 2 atom stereocenters. The van der Waals surface area contributed by atoms with Gasteiger partial charge in [0.1, 0.15) is 11.7 Å². The fourth-order valence-electron chi connectivity index (χ4n) is 3.74. The first-order valence-corrected chi connectivity index (χ1v) is 9.37. The third kappa shape index (κ3) is 4.01. The van der Waals surface area contributed by atoms with Crippen molar-refractivity contribution in [2.24, 2.45) is 10.9 Å². The van der Waals surface area contributed by atoms with Gasteiger partial charge in [-0.25, -0.2) is 14.4 Å². The fraction of sp³-hybridized carbons (Fsp3) is 0.381. The molecule has 1 aromatic heterocycles. The average molecular weight is 423 g/mol. The minimum atomic E-state index is -4.69. The normalized spacial score (nSPS) is 18.6. The first kappa shape index (κ1) is 21.7. The highest BCUT2D eigenvalue weighted by atomic mass is 19.4. The van der Waals surface area contributed by atoms with Gasteiger partial charge in [-0.1, -0.05) is 25.1 Å². The molecule has 0 radical (unpaired) electrons. The molecule has 0 saturated heterocycles. The molecule has 0 amide bonds. The number of esters is 1. The van der Waals surface area contributed by atoms with Crippen molar-refractivity contribution >= 4 is 23.2 Å². The molecule has 2 aromatic rings. The van der Waals surface area contributed by atoms with Gasteiger partial charge < -0.3 is 10.5 Å². The van der Waals surface area contributed by atoms with Gasteiger partial charge in [0.15, 0.2) is 12.4 Å². The maximum absolute atomic E-state index is 14.8. The van der Waals surface area contributed by atoms with E-state index in [0.717, 1.165) is 0 Å². The molecule has 0 aliphatic carbocycles. The molecule has 1 aliphatic rings. The van der Waals surface area contributed by atoms with Crippen LogP contribution < -0.4 is 5.73 Å². The number of rotatable bonds is 4. The lowest BCUT2D eigenvalue weighted by atomic mass is 9.75. The lowest BCUT2D eigenvalue weighted by Gasteiger charge is -2.32. The molecular formula is C21H21F4N3O2. The van der Waals surface area contributed by atoms with Crippen LogP contribution in [-0.2, 0) is 16.0 Å². The van der Waals surface area contributed by atoms with Crippen molar-refractivity contribution in [2.75, 3.05) is 12.3 Å². The van der Waals surface area contributed by atoms with Crippen LogP contribution in [-0.4, -0.2) is 29.4 Å². The summed E-state index contributed by atoms with van der Waals surface area (Å²) in [6.07, 6.45) is -4.10. The second-order valence-corrected chi connectivity index (χ2v) is 7.14. The van der Waals surface area contributed by atoms with Gasteiger partial charge in [-0.15, -0.1) is 0 Å². The number of halogens is 4. The number of aromatic nitrogens is 1. The number of alkyl halides is 3. The molecule has 1 aromatic carbocycles. The van der Waals surface area contributed by atoms with E-state index in [9.17, 15) is 22.4 Å². The van der Waals surface area contributed by atoms with Gasteiger partial charge in [0.25, 0.3) is 0 Å². The molecule has 2 heterocycles. The van der Waals surface area contributed by atoms with Gasteiger partial charge in [-0.2, -0.15) is 13.2 Å². The van der Waals surface area contributed by atoms with E-state index < -0.39 is 36.4 Å². The molecule has 9 heteroatoms. The van der Waals surface area contributed by atoms with Crippen LogP contribution in [0.1, 0.15) is 42.1 Å². The number of nitrogens with two attached hydrogens (primary N) is 1. The van der Waals surface area contributed by atoms with Gasteiger partial charge in [-0.05, 0) is 37.5 Å². The summed E-state index contributed by atoms with van der Waals surface area (Å²) in [5, 5.41) is 0. The van der Waals surface area contributed by atoms with Gasteiger partial charge in [0.05, 0.1) is 0 Å². The van der Waals surface area contributed by atoms with Crippen molar-refractivity contribution in [1.29, 1.82) is 0 Å². The van der Waals surface area contributed by atoms with Crippen molar-refractivity contribution in [3.05, 3.63) is 52.5 Å². The zero-order valence-electron chi connectivity index (χ0n) is 16.7. The zero-order chi connectivity index (χ0) is 22.2. The van der Waals surface area contributed by atoms with Gasteiger partial charge in [0, 0.05) is 28.6 Å². The summed E-state index contributed by atoms with van der Waals surface area (Å²) in [5.41, 5.74) is 8.60. The van der Waals surface area contributed by atoms with Crippen LogP contribution >= 0.6 is 0 Å². The third-order valence-corrected chi connectivity index (χ3v) is 5.19. The lowest BCUT2D eigenvalue weighted by molar-refractivity contribution is -0.188. The first-order valence-electron chi connectivity index (χ1n) is 9.37. The Kier molecular flexibility index (Phi) is 5.83. The lowest BCUT2D eigenvalue weighted by Crippen LogP contribution is -2.36. The fourth-order valence-corrected chi connectivity index (χ4v) is 3.74. The SMILES string of the molecule is CCc1nc2c(c(N)c1C)C(c1ccccc1F)C(C(=O)OCC(F)(F)F)C(C)=N2. The zero-order valence-corrected chi connectivity index (χ0v) is 16.7. The molecule has 1 aliphatic heterocycles. The Morgan fingerprint density at radius 2 is 1.90 bits per heavy atom. The number of aliphatic imine (C=N–C) groups is 1. The molecule has 0 spiro atoms. The third-order valence-electron chi connectivity index (χ3n) is 5.19. The topological polar surface area (TPSA) is 77.6 Å². The summed E-state index contributed by atoms with van der Waals surface area (Å²) in [6.45, 7) is 3.39. The van der Waals surface area contributed by atoms with E-state index in [4.69, 9.17) is 5.73 Å². The molecule has 3 rings (SSSR count). The number of hydrogen-bond acceptors (Lipinski definition) is 5. The number of aryl methyl sites for hydroxylation is 1. The molecule has 2 unspecified atom stereocenters. The summed E-state index contributed by atoms with van der Waals surface area (Å²) >= 11 is 0. The smallest absolute Gasteiger partial charge is 0.422 e. The van der Waals surface area contributed by atoms with Crippen LogP contribution in [0.2, 0.25) is 0 Å². The molecule has 160 valence electrons. The number of carbonyl (C=O) groups excluding carboxylic acids is 1. The molecule has 30 heavy (non-hydrogen) atoms. The van der Waals surface area contributed by atoms with Gasteiger partial charge in [-0.3, -0.25) is 4.79 Å². The van der Waals surface area contributed by atoms with E-state index in [2.05, 4.69) is 14.7 Å². The minimum Gasteiger partial charge on any atom is -0.456 e. The van der Waals surface area contributed by atoms with E-state index >= 15 is 0 Å². The molecule has 2 N–H and O–H groups in total. The van der Waals surface area contributed by atoms with E-state index in [1.807, 2.05) is 6.92 Å². The van der Waals surface area contributed by atoms with Crippen molar-refractivity contribution in [3.8, 4) is 0 Å². The number of hydrogen-bond donors (Lipinski definition) is 1. The van der Waals surface area contributed by atoms with Gasteiger partial charge in [0.2, 0.25) is 0 Å². The van der Waals surface area contributed by atoms with Crippen molar-refractivity contribution < 1.29 is 27.1 Å². The predicted octanol–water partition coefficient (Wildman–Crippen LogP) is 4.63. The summed E-state index contributed by atoms with van der Waals surface area (Å²) in [6, 6.07) is 5.74. The summed E-state index contributed by atoms with van der Waals surface area (Å²) in [5.74, 6) is -3.82. The van der Waals surface area contributed by atoms with Crippen LogP contribution in [0.25, 0.3) is 0 Å². The van der Waals surface area contributed by atoms with Crippen molar-refractivity contribution in [2.45, 2.75) is 39.3 Å². The maximum Gasteiger partial charge on any atom is 0.422 e. The number of ether oxygens (including phenoxy) is 1. The molecule has 5 nitrogen and oxygen atoms in total. The summed E-state index contributed by atoms with van der Waals surface area (Å²) in [7, 11) is 0. The highest BCUT2D eigenvalue weighted by Crippen LogP contribution is 2.46. The van der Waals surface area contributed by atoms with E-state index in [0.29, 0.717) is 23.2 Å². The minimum absolute atomic E-state index is 0.110. The van der Waals surface area contributed by atoms with E-state index in [1.54, 1.807) is 13.0 Å². The standard InChI is InChI=1S/C21H21F4N3O2/c1-4-14-10(2)18(26)17-16(12-7-5-6-8-13(12)22)15(11(3)27-19(17)28-14)20(29)30-9-21(23,24)25/h5-8,15-16H,4,9H2,1-3H3,(H2,26,28). The van der Waals surface area contributed by atoms with E-state index in [-0.39, 0.29) is 22.8 Å². The Hall–Kier alpha value is -2.97. The highest BCUT2D eigenvalue weighted by Gasteiger charge is 2.43. The Morgan fingerprint density at radius 3 is 2.50 bits per heavy atom. The summed E-state index contributed by atoms with van der Waals surface area (Å²) in [4.78, 5) is 21.5. The highest BCUT2D eigenvalue weighted by molar-refractivity contribution is 6.05. The number of carbonyl (C=O) groups is 1. The number of nitrogens with zero attached hydrogens (tertiary/aromatic N) is 2. The van der Waals surface area contributed by atoms with Crippen LogP contribution in [0.4, 0.5) is 29.1 Å². The number of fused-ring (bicyclic) bond motifs is 1. The van der Waals surface area contributed by atoms with Crippen molar-refractivity contribution in [3.63, 3.8) is 0 Å². The number of nitrogen functional groups attached to an aromatic ring is 1. The first-order chi connectivity index (χ1) is 14.0. The van der Waals surface area contributed by atoms with Crippen LogP contribution in [0.15, 0.2) is 29.3 Å². The summed E-state index contributed by atoms with van der Waals surface area (Å²) < 4.78 is 57.1. The van der Waals surface area contributed by atoms with Gasteiger partial charge >= 0.3 is 12.1 Å². The van der Waals surface area contributed by atoms with E-state index in [1.165, 1.54) is 25.1 Å². The Balaban J connectivity index is 2.21. The Bertz CT molecular complexity index is 1020. The van der Waals surface area contributed by atoms with Crippen molar-refractivity contribution in [1.82, 2.24) is 4.98 Å². The quantitative estimate of drug-likeness (QED) is 0.574. The predicted molar refractivity (Wildman–Crippen MR) is 104 cm³/mol. The van der Waals surface area contributed by atoms with Crippen LogP contribution in [0.5, 0.6) is 0 Å².